The van der Waals surface area contributed by atoms with Gasteiger partial charge in [-0.2, -0.15) is 0 Å². The Hall–Kier alpha value is -3.08. The lowest BCUT2D eigenvalue weighted by Crippen LogP contribution is -2.27. The molecule has 0 unspecified atom stereocenters. The summed E-state index contributed by atoms with van der Waals surface area (Å²) in [7, 11) is 1.61. The molecule has 0 saturated heterocycles. The first kappa shape index (κ1) is 16.8. The summed E-state index contributed by atoms with van der Waals surface area (Å²) in [6.07, 6.45) is 1.75. The Labute approximate surface area is 146 Å². The second kappa shape index (κ2) is 7.21. The van der Waals surface area contributed by atoms with Crippen LogP contribution < -0.4 is 10.1 Å². The summed E-state index contributed by atoms with van der Waals surface area (Å²) >= 11 is 0. The van der Waals surface area contributed by atoms with Gasteiger partial charge in [0.2, 0.25) is 5.91 Å². The van der Waals surface area contributed by atoms with E-state index in [1.54, 1.807) is 13.3 Å². The number of ether oxygens (including phenoxy) is 1. The fourth-order valence-electron chi connectivity index (χ4n) is 2.91. The van der Waals surface area contributed by atoms with Gasteiger partial charge in [0.1, 0.15) is 12.3 Å². The monoisotopic (exact) mass is 336 g/mol. The maximum atomic E-state index is 12.4. The van der Waals surface area contributed by atoms with E-state index in [1.807, 2.05) is 53.1 Å². The molecule has 1 aromatic heterocycles. The van der Waals surface area contributed by atoms with Crippen LogP contribution in [0.3, 0.4) is 0 Å². The molecule has 0 aliphatic heterocycles. The third-order valence-electron chi connectivity index (χ3n) is 4.15. The highest BCUT2D eigenvalue weighted by molar-refractivity contribution is 6.07. The lowest BCUT2D eigenvalue weighted by atomic mass is 10.1. The SMILES string of the molecule is COc1ccccc1CNC(=O)Cn1cc(C(C)=O)c2ccccc21. The Morgan fingerprint density at radius 2 is 1.80 bits per heavy atom. The largest absolute Gasteiger partial charge is 0.496 e. The fourth-order valence-corrected chi connectivity index (χ4v) is 2.91. The van der Waals surface area contributed by atoms with Crippen LogP contribution in [0.25, 0.3) is 10.9 Å². The van der Waals surface area contributed by atoms with Gasteiger partial charge in [0.25, 0.3) is 0 Å². The van der Waals surface area contributed by atoms with Crippen LogP contribution in [0.5, 0.6) is 5.75 Å². The molecule has 0 spiro atoms. The summed E-state index contributed by atoms with van der Waals surface area (Å²) in [5.74, 6) is 0.610. The zero-order valence-corrected chi connectivity index (χ0v) is 14.3. The number of hydrogen-bond donors (Lipinski definition) is 1. The molecule has 1 amide bonds. The number of aromatic nitrogens is 1. The van der Waals surface area contributed by atoms with E-state index in [0.717, 1.165) is 22.2 Å². The van der Waals surface area contributed by atoms with E-state index in [9.17, 15) is 9.59 Å². The highest BCUT2D eigenvalue weighted by atomic mass is 16.5. The molecule has 2 aromatic carbocycles. The summed E-state index contributed by atoms with van der Waals surface area (Å²) in [6.45, 7) is 2.08. The Bertz CT molecular complexity index is 928. The molecule has 0 aliphatic carbocycles. The first-order valence-electron chi connectivity index (χ1n) is 8.07. The Morgan fingerprint density at radius 3 is 2.56 bits per heavy atom. The predicted molar refractivity (Wildman–Crippen MR) is 96.8 cm³/mol. The van der Waals surface area contributed by atoms with E-state index in [-0.39, 0.29) is 18.2 Å². The number of amides is 1. The second-order valence-corrected chi connectivity index (χ2v) is 5.83. The number of rotatable bonds is 6. The lowest BCUT2D eigenvalue weighted by Gasteiger charge is -2.10. The van der Waals surface area contributed by atoms with E-state index in [1.165, 1.54) is 6.92 Å². The van der Waals surface area contributed by atoms with Gasteiger partial charge >= 0.3 is 0 Å². The average Bonchev–Trinajstić information content (AvgIpc) is 2.99. The van der Waals surface area contributed by atoms with Crippen molar-refractivity contribution < 1.29 is 14.3 Å². The number of carbonyl (C=O) groups excluding carboxylic acids is 2. The first-order chi connectivity index (χ1) is 12.1. The summed E-state index contributed by atoms with van der Waals surface area (Å²) in [5, 5.41) is 3.77. The molecular formula is C20H20N2O3. The van der Waals surface area contributed by atoms with Crippen molar-refractivity contribution >= 4 is 22.6 Å². The van der Waals surface area contributed by atoms with E-state index in [0.29, 0.717) is 12.1 Å². The van der Waals surface area contributed by atoms with Gasteiger partial charge < -0.3 is 14.6 Å². The zero-order valence-electron chi connectivity index (χ0n) is 14.3. The molecule has 1 N–H and O–H groups in total. The van der Waals surface area contributed by atoms with Crippen molar-refractivity contribution in [3.05, 3.63) is 65.9 Å². The van der Waals surface area contributed by atoms with Gasteiger partial charge in [0.05, 0.1) is 7.11 Å². The molecule has 5 heteroatoms. The summed E-state index contributed by atoms with van der Waals surface area (Å²) in [4.78, 5) is 24.2. The molecule has 25 heavy (non-hydrogen) atoms. The third-order valence-corrected chi connectivity index (χ3v) is 4.15. The molecule has 3 aromatic rings. The van der Waals surface area contributed by atoms with Crippen LogP contribution in [0.1, 0.15) is 22.8 Å². The van der Waals surface area contributed by atoms with E-state index >= 15 is 0 Å². The van der Waals surface area contributed by atoms with Crippen molar-refractivity contribution in [1.29, 1.82) is 0 Å². The van der Waals surface area contributed by atoms with Crippen LogP contribution >= 0.6 is 0 Å². The zero-order chi connectivity index (χ0) is 17.8. The van der Waals surface area contributed by atoms with Crippen LogP contribution in [0.2, 0.25) is 0 Å². The Morgan fingerprint density at radius 1 is 1.08 bits per heavy atom. The first-order valence-corrected chi connectivity index (χ1v) is 8.07. The molecule has 0 atom stereocenters. The van der Waals surface area contributed by atoms with Crippen molar-refractivity contribution in [3.8, 4) is 5.75 Å². The van der Waals surface area contributed by atoms with Crippen molar-refractivity contribution in [2.75, 3.05) is 7.11 Å². The third kappa shape index (κ3) is 3.55. The van der Waals surface area contributed by atoms with Gasteiger partial charge in [-0.3, -0.25) is 9.59 Å². The van der Waals surface area contributed by atoms with Gasteiger partial charge in [0, 0.05) is 34.8 Å². The van der Waals surface area contributed by atoms with E-state index in [4.69, 9.17) is 4.74 Å². The molecule has 0 fully saturated rings. The smallest absolute Gasteiger partial charge is 0.240 e. The number of ketones is 1. The van der Waals surface area contributed by atoms with Crippen molar-refractivity contribution in [3.63, 3.8) is 0 Å². The molecule has 0 radical (unpaired) electrons. The molecule has 1 heterocycles. The van der Waals surface area contributed by atoms with Crippen LogP contribution in [0.15, 0.2) is 54.7 Å². The van der Waals surface area contributed by atoms with E-state index < -0.39 is 0 Å². The topological polar surface area (TPSA) is 60.3 Å². The predicted octanol–water partition coefficient (Wildman–Crippen LogP) is 3.17. The van der Waals surface area contributed by atoms with Crippen LogP contribution in [-0.2, 0) is 17.9 Å². The lowest BCUT2D eigenvalue weighted by molar-refractivity contribution is -0.121. The number of fused-ring (bicyclic) bond motifs is 1. The number of Topliss-reactive ketones (excluding diaryl/α,β-unsaturated/α-hetero) is 1. The Balaban J connectivity index is 1.75. The number of nitrogens with zero attached hydrogens (tertiary/aromatic N) is 1. The second-order valence-electron chi connectivity index (χ2n) is 5.83. The van der Waals surface area contributed by atoms with Crippen LogP contribution in [-0.4, -0.2) is 23.4 Å². The van der Waals surface area contributed by atoms with Crippen LogP contribution in [0.4, 0.5) is 0 Å². The number of nitrogens with one attached hydrogen (secondary N) is 1. The Kier molecular flexibility index (Phi) is 4.84. The quantitative estimate of drug-likeness (QED) is 0.703. The molecule has 128 valence electrons. The number of methoxy groups -OCH3 is 1. The molecule has 3 rings (SSSR count). The maximum Gasteiger partial charge on any atom is 0.240 e. The minimum Gasteiger partial charge on any atom is -0.496 e. The maximum absolute atomic E-state index is 12.4. The summed E-state index contributed by atoms with van der Waals surface area (Å²) in [5.41, 5.74) is 2.42. The fraction of sp³-hybridized carbons (Fsp3) is 0.200. The number of para-hydroxylation sites is 2. The minimum absolute atomic E-state index is 0.00983. The highest BCUT2D eigenvalue weighted by Gasteiger charge is 2.13. The molecule has 5 nitrogen and oxygen atoms in total. The minimum atomic E-state index is -0.123. The number of hydrogen-bond acceptors (Lipinski definition) is 3. The van der Waals surface area contributed by atoms with Crippen molar-refractivity contribution in [2.45, 2.75) is 20.0 Å². The molecule has 0 saturated carbocycles. The van der Waals surface area contributed by atoms with Crippen LogP contribution in [0, 0.1) is 0 Å². The average molecular weight is 336 g/mol. The van der Waals surface area contributed by atoms with Gasteiger partial charge in [-0.25, -0.2) is 0 Å². The van der Waals surface area contributed by atoms with E-state index in [2.05, 4.69) is 5.32 Å². The van der Waals surface area contributed by atoms with Gasteiger partial charge in [-0.1, -0.05) is 36.4 Å². The molecule has 0 aliphatic rings. The standard InChI is InChI=1S/C20H20N2O3/c1-14(23)17-12-22(18-9-5-4-8-16(17)18)13-20(24)21-11-15-7-3-6-10-19(15)25-2/h3-10,12H,11,13H2,1-2H3,(H,21,24). The summed E-state index contributed by atoms with van der Waals surface area (Å²) < 4.78 is 7.10. The molecular weight excluding hydrogens is 316 g/mol. The normalized spacial score (nSPS) is 10.6. The van der Waals surface area contributed by atoms with Gasteiger partial charge in [-0.05, 0) is 19.1 Å². The molecule has 0 bridgehead atoms. The van der Waals surface area contributed by atoms with Crippen molar-refractivity contribution in [1.82, 2.24) is 9.88 Å². The number of carbonyl (C=O) groups is 2. The number of benzene rings is 2. The van der Waals surface area contributed by atoms with Gasteiger partial charge in [-0.15, -0.1) is 0 Å². The highest BCUT2D eigenvalue weighted by Crippen LogP contribution is 2.22. The van der Waals surface area contributed by atoms with Gasteiger partial charge in [0.15, 0.2) is 5.78 Å². The van der Waals surface area contributed by atoms with Crippen molar-refractivity contribution in [2.24, 2.45) is 0 Å². The summed E-state index contributed by atoms with van der Waals surface area (Å²) in [6, 6.07) is 15.2.